The van der Waals surface area contributed by atoms with Gasteiger partial charge in [0.1, 0.15) is 5.76 Å². The highest BCUT2D eigenvalue weighted by Gasteiger charge is 2.23. The molecule has 0 saturated heterocycles. The summed E-state index contributed by atoms with van der Waals surface area (Å²) in [6, 6.07) is 15.1. The molecule has 1 unspecified atom stereocenters. The highest BCUT2D eigenvalue weighted by Crippen LogP contribution is 2.26. The molecule has 3 rings (SSSR count). The van der Waals surface area contributed by atoms with Crippen LogP contribution in [0.15, 0.2) is 76.5 Å². The van der Waals surface area contributed by atoms with Crippen molar-refractivity contribution in [1.82, 2.24) is 9.88 Å². The van der Waals surface area contributed by atoms with Crippen LogP contribution in [0.2, 0.25) is 5.02 Å². The van der Waals surface area contributed by atoms with Gasteiger partial charge in [-0.05, 0) is 55.0 Å². The molecular formula is C20H19ClN2O2S. The Hall–Kier alpha value is -2.24. The second-order valence-electron chi connectivity index (χ2n) is 5.85. The van der Waals surface area contributed by atoms with Gasteiger partial charge in [0.05, 0.1) is 18.1 Å². The number of hydrogen-bond acceptors (Lipinski definition) is 4. The lowest BCUT2D eigenvalue weighted by Crippen LogP contribution is -2.35. The Bertz CT molecular complexity index is 823. The quantitative estimate of drug-likeness (QED) is 0.534. The number of carbonyl (C=O) groups is 1. The highest BCUT2D eigenvalue weighted by molar-refractivity contribution is 8.00. The van der Waals surface area contributed by atoms with Crippen LogP contribution >= 0.6 is 23.4 Å². The van der Waals surface area contributed by atoms with Crippen LogP contribution in [-0.2, 0) is 17.9 Å². The Morgan fingerprint density at radius 2 is 2.00 bits per heavy atom. The van der Waals surface area contributed by atoms with Crippen molar-refractivity contribution in [1.29, 1.82) is 0 Å². The number of halogens is 1. The van der Waals surface area contributed by atoms with E-state index in [1.165, 1.54) is 11.8 Å². The van der Waals surface area contributed by atoms with E-state index in [1.54, 1.807) is 23.6 Å². The number of benzene rings is 1. The molecule has 6 heteroatoms. The number of rotatable bonds is 7. The van der Waals surface area contributed by atoms with Crippen LogP contribution in [0.4, 0.5) is 0 Å². The lowest BCUT2D eigenvalue weighted by atomic mass is 10.2. The van der Waals surface area contributed by atoms with E-state index in [0.717, 1.165) is 16.2 Å². The molecular weight excluding hydrogens is 368 g/mol. The molecule has 0 bridgehead atoms. The van der Waals surface area contributed by atoms with Crippen molar-refractivity contribution >= 4 is 29.3 Å². The molecule has 0 N–H and O–H groups in total. The third kappa shape index (κ3) is 5.13. The maximum absolute atomic E-state index is 13.1. The Morgan fingerprint density at radius 3 is 2.65 bits per heavy atom. The fourth-order valence-electron chi connectivity index (χ4n) is 2.54. The van der Waals surface area contributed by atoms with Gasteiger partial charge < -0.3 is 9.32 Å². The first kappa shape index (κ1) is 18.5. The van der Waals surface area contributed by atoms with Gasteiger partial charge in [0.2, 0.25) is 5.91 Å². The number of pyridine rings is 1. The van der Waals surface area contributed by atoms with Crippen molar-refractivity contribution in [2.75, 3.05) is 0 Å². The van der Waals surface area contributed by atoms with Crippen LogP contribution in [0.1, 0.15) is 18.2 Å². The first-order chi connectivity index (χ1) is 12.6. The SMILES string of the molecule is CC(Sc1ccc(Cl)cc1)C(=O)N(Cc1cccnc1)Cc1ccco1. The maximum Gasteiger partial charge on any atom is 0.236 e. The molecule has 0 aliphatic heterocycles. The van der Waals surface area contributed by atoms with Crippen molar-refractivity contribution in [2.45, 2.75) is 30.2 Å². The van der Waals surface area contributed by atoms with Crippen LogP contribution in [0, 0.1) is 0 Å². The minimum absolute atomic E-state index is 0.0465. The minimum atomic E-state index is -0.234. The van der Waals surface area contributed by atoms with Gasteiger partial charge in [-0.25, -0.2) is 0 Å². The van der Waals surface area contributed by atoms with Gasteiger partial charge in [-0.1, -0.05) is 17.7 Å². The number of carbonyl (C=O) groups excluding carboxylic acids is 1. The maximum atomic E-state index is 13.1. The average Bonchev–Trinajstić information content (AvgIpc) is 3.16. The summed E-state index contributed by atoms with van der Waals surface area (Å²) in [5.74, 6) is 0.802. The summed E-state index contributed by atoms with van der Waals surface area (Å²) in [6.07, 6.45) is 5.12. The normalized spacial score (nSPS) is 11.9. The van der Waals surface area contributed by atoms with Crippen LogP contribution in [0.3, 0.4) is 0 Å². The van der Waals surface area contributed by atoms with E-state index in [-0.39, 0.29) is 11.2 Å². The smallest absolute Gasteiger partial charge is 0.236 e. The van der Waals surface area contributed by atoms with Crippen LogP contribution in [0.25, 0.3) is 0 Å². The third-order valence-corrected chi connectivity index (χ3v) is 5.16. The Labute approximate surface area is 162 Å². The van der Waals surface area contributed by atoms with E-state index in [0.29, 0.717) is 18.1 Å². The second kappa shape index (κ2) is 8.92. The molecule has 3 aromatic rings. The first-order valence-electron chi connectivity index (χ1n) is 8.24. The van der Waals surface area contributed by atoms with Crippen molar-refractivity contribution in [2.24, 2.45) is 0 Å². The highest BCUT2D eigenvalue weighted by atomic mass is 35.5. The summed E-state index contributed by atoms with van der Waals surface area (Å²) in [5.41, 5.74) is 0.982. The Balaban J connectivity index is 1.73. The summed E-state index contributed by atoms with van der Waals surface area (Å²) < 4.78 is 5.43. The van der Waals surface area contributed by atoms with Crippen molar-refractivity contribution in [3.63, 3.8) is 0 Å². The molecule has 0 radical (unpaired) electrons. The molecule has 1 aromatic carbocycles. The van der Waals surface area contributed by atoms with Crippen molar-refractivity contribution in [3.8, 4) is 0 Å². The average molecular weight is 387 g/mol. The number of nitrogens with zero attached hydrogens (tertiary/aromatic N) is 2. The zero-order valence-electron chi connectivity index (χ0n) is 14.3. The van der Waals surface area contributed by atoms with Gasteiger partial charge >= 0.3 is 0 Å². The third-order valence-electron chi connectivity index (χ3n) is 3.81. The van der Waals surface area contributed by atoms with Gasteiger partial charge in [0.25, 0.3) is 0 Å². The first-order valence-corrected chi connectivity index (χ1v) is 9.50. The van der Waals surface area contributed by atoms with Crippen molar-refractivity contribution < 1.29 is 9.21 Å². The van der Waals surface area contributed by atoms with E-state index >= 15 is 0 Å². The lowest BCUT2D eigenvalue weighted by Gasteiger charge is -2.25. The summed E-state index contributed by atoms with van der Waals surface area (Å²) in [7, 11) is 0. The number of hydrogen-bond donors (Lipinski definition) is 0. The summed E-state index contributed by atoms with van der Waals surface area (Å²) in [4.78, 5) is 20.0. The molecule has 26 heavy (non-hydrogen) atoms. The fourth-order valence-corrected chi connectivity index (χ4v) is 3.62. The molecule has 1 atom stereocenters. The van der Waals surface area contributed by atoms with E-state index < -0.39 is 0 Å². The Kier molecular flexibility index (Phi) is 6.36. The van der Waals surface area contributed by atoms with Crippen LogP contribution < -0.4 is 0 Å². The second-order valence-corrected chi connectivity index (χ2v) is 7.70. The predicted molar refractivity (Wildman–Crippen MR) is 104 cm³/mol. The summed E-state index contributed by atoms with van der Waals surface area (Å²) in [5, 5.41) is 0.451. The van der Waals surface area contributed by atoms with Crippen LogP contribution in [-0.4, -0.2) is 21.0 Å². The molecule has 2 heterocycles. The van der Waals surface area contributed by atoms with Crippen molar-refractivity contribution in [3.05, 3.63) is 83.5 Å². The van der Waals surface area contributed by atoms with Gasteiger partial charge in [-0.3, -0.25) is 9.78 Å². The zero-order chi connectivity index (χ0) is 18.4. The van der Waals surface area contributed by atoms with Gasteiger partial charge in [0.15, 0.2) is 0 Å². The molecule has 0 spiro atoms. The minimum Gasteiger partial charge on any atom is -0.467 e. The molecule has 0 saturated carbocycles. The molecule has 4 nitrogen and oxygen atoms in total. The van der Waals surface area contributed by atoms with Gasteiger partial charge in [0, 0.05) is 28.9 Å². The van der Waals surface area contributed by atoms with E-state index in [2.05, 4.69) is 4.98 Å². The topological polar surface area (TPSA) is 46.3 Å². The monoisotopic (exact) mass is 386 g/mol. The zero-order valence-corrected chi connectivity index (χ0v) is 15.9. The van der Waals surface area contributed by atoms with Gasteiger partial charge in [-0.2, -0.15) is 0 Å². The van der Waals surface area contributed by atoms with Crippen LogP contribution in [0.5, 0.6) is 0 Å². The van der Waals surface area contributed by atoms with E-state index in [1.807, 2.05) is 55.5 Å². The number of furan rings is 1. The van der Waals surface area contributed by atoms with E-state index in [4.69, 9.17) is 16.0 Å². The van der Waals surface area contributed by atoms with Gasteiger partial charge in [-0.15, -0.1) is 11.8 Å². The lowest BCUT2D eigenvalue weighted by molar-refractivity contribution is -0.131. The number of thioether (sulfide) groups is 1. The fraction of sp³-hybridized carbons (Fsp3) is 0.200. The molecule has 2 aromatic heterocycles. The molecule has 1 amide bonds. The molecule has 0 aliphatic rings. The molecule has 134 valence electrons. The number of amides is 1. The number of aromatic nitrogens is 1. The summed E-state index contributed by atoms with van der Waals surface area (Å²) in [6.45, 7) is 2.82. The Morgan fingerprint density at radius 1 is 1.19 bits per heavy atom. The predicted octanol–water partition coefficient (Wildman–Crippen LogP) is 5.04. The summed E-state index contributed by atoms with van der Waals surface area (Å²) >= 11 is 7.45. The molecule has 0 aliphatic carbocycles. The van der Waals surface area contributed by atoms with E-state index in [9.17, 15) is 4.79 Å². The molecule has 0 fully saturated rings. The standard InChI is InChI=1S/C20H19ClN2O2S/c1-15(26-19-8-6-17(21)7-9-19)20(24)23(14-18-5-3-11-25-18)13-16-4-2-10-22-12-16/h2-12,15H,13-14H2,1H3. The largest absolute Gasteiger partial charge is 0.467 e.